The highest BCUT2D eigenvalue weighted by atomic mass is 16.2. The fourth-order valence-electron chi connectivity index (χ4n) is 3.27. The van der Waals surface area contributed by atoms with E-state index in [-0.39, 0.29) is 17.2 Å². The van der Waals surface area contributed by atoms with Gasteiger partial charge in [-0.1, -0.05) is 0 Å². The first-order valence-electron chi connectivity index (χ1n) is 9.56. The number of carbonyl (C=O) groups excluding carboxylic acids is 1. The zero-order chi connectivity index (χ0) is 20.9. The van der Waals surface area contributed by atoms with E-state index in [1.165, 1.54) is 6.21 Å². The molecule has 1 amide bonds. The predicted molar refractivity (Wildman–Crippen MR) is 116 cm³/mol. The number of nitrogens with zero attached hydrogens (tertiary/aromatic N) is 4. The molecule has 0 saturated carbocycles. The lowest BCUT2D eigenvalue weighted by Gasteiger charge is -2.27. The van der Waals surface area contributed by atoms with Crippen LogP contribution in [0.4, 0.5) is 5.69 Å². The number of aromatic amines is 1. The van der Waals surface area contributed by atoms with Crippen LogP contribution in [-0.2, 0) is 0 Å². The summed E-state index contributed by atoms with van der Waals surface area (Å²) >= 11 is 0. The molecule has 3 aromatic rings. The monoisotopic (exact) mass is 403 g/mol. The van der Waals surface area contributed by atoms with Crippen LogP contribution in [0.25, 0.3) is 11.0 Å². The Labute approximate surface area is 172 Å². The predicted octanol–water partition coefficient (Wildman–Crippen LogP) is 1.03. The number of piperazine rings is 1. The normalized spacial score (nSPS) is 15.1. The number of hydrazone groups is 1. The molecular formula is C21H21N7O2. The fourth-order valence-corrected chi connectivity index (χ4v) is 3.27. The number of carbonyl (C=O) groups is 1. The Morgan fingerprint density at radius 2 is 1.93 bits per heavy atom. The summed E-state index contributed by atoms with van der Waals surface area (Å²) in [6, 6.07) is 12.3. The van der Waals surface area contributed by atoms with Crippen LogP contribution in [0.1, 0.15) is 15.9 Å². The molecule has 1 aliphatic heterocycles. The van der Waals surface area contributed by atoms with Crippen molar-refractivity contribution in [2.75, 3.05) is 26.2 Å². The molecule has 30 heavy (non-hydrogen) atoms. The lowest BCUT2D eigenvalue weighted by Crippen LogP contribution is -2.46. The molecule has 152 valence electrons. The number of amides is 1. The largest absolute Gasteiger partial charge is 0.336 e. The van der Waals surface area contributed by atoms with Crippen molar-refractivity contribution in [2.24, 2.45) is 15.9 Å². The summed E-state index contributed by atoms with van der Waals surface area (Å²) in [5.41, 5.74) is 1.90. The first-order valence-corrected chi connectivity index (χ1v) is 9.56. The van der Waals surface area contributed by atoms with Gasteiger partial charge in [0.15, 0.2) is 0 Å². The number of pyridine rings is 2. The van der Waals surface area contributed by atoms with E-state index < -0.39 is 0 Å². The number of hydrogen-bond acceptors (Lipinski definition) is 7. The Bertz CT molecular complexity index is 1180. The van der Waals surface area contributed by atoms with Crippen molar-refractivity contribution in [1.82, 2.24) is 20.2 Å². The molecule has 3 heterocycles. The van der Waals surface area contributed by atoms with Crippen LogP contribution >= 0.6 is 0 Å². The number of aromatic nitrogens is 2. The molecular weight excluding hydrogens is 382 g/mol. The molecule has 0 aliphatic carbocycles. The van der Waals surface area contributed by atoms with Gasteiger partial charge in [0.25, 0.3) is 11.5 Å². The summed E-state index contributed by atoms with van der Waals surface area (Å²) in [6.45, 7) is 3.01. The molecule has 9 heteroatoms. The van der Waals surface area contributed by atoms with E-state index in [0.29, 0.717) is 35.6 Å². The Morgan fingerprint density at radius 1 is 1.17 bits per heavy atom. The Morgan fingerprint density at radius 3 is 2.67 bits per heavy atom. The standard InChI is InChI=1S/C21H21N7O2/c22-27-18(17-12-15-2-1-7-24-19(15)26-20(17)29)13-25-16-5-3-14(4-6-16)21(30)28-10-8-23-9-11-28/h1-7,12-13,23H,8-11,22H2,(H,24,26,29). The Hall–Kier alpha value is -3.85. The Balaban J connectivity index is 1.53. The minimum absolute atomic E-state index is 0.00699. The van der Waals surface area contributed by atoms with Gasteiger partial charge >= 0.3 is 0 Å². The van der Waals surface area contributed by atoms with Crippen LogP contribution in [0.3, 0.4) is 0 Å². The van der Waals surface area contributed by atoms with Crippen LogP contribution in [0.5, 0.6) is 0 Å². The van der Waals surface area contributed by atoms with E-state index in [2.05, 4.69) is 25.4 Å². The van der Waals surface area contributed by atoms with Crippen molar-refractivity contribution in [3.05, 3.63) is 70.1 Å². The van der Waals surface area contributed by atoms with Gasteiger partial charge in [0.05, 0.1) is 17.5 Å². The summed E-state index contributed by atoms with van der Waals surface area (Å²) in [6.07, 6.45) is 3.04. The molecule has 9 nitrogen and oxygen atoms in total. The molecule has 0 bridgehead atoms. The minimum Gasteiger partial charge on any atom is -0.336 e. The van der Waals surface area contributed by atoms with Crippen molar-refractivity contribution in [2.45, 2.75) is 0 Å². The molecule has 1 fully saturated rings. The first kappa shape index (κ1) is 19.5. The van der Waals surface area contributed by atoms with E-state index in [1.54, 1.807) is 42.6 Å². The van der Waals surface area contributed by atoms with E-state index >= 15 is 0 Å². The van der Waals surface area contributed by atoms with Gasteiger partial charge in [-0.05, 0) is 42.5 Å². The number of nitrogens with one attached hydrogen (secondary N) is 2. The van der Waals surface area contributed by atoms with E-state index in [1.807, 2.05) is 11.0 Å². The number of rotatable bonds is 4. The topological polar surface area (TPSA) is 129 Å². The van der Waals surface area contributed by atoms with Crippen molar-refractivity contribution in [3.63, 3.8) is 0 Å². The number of H-pyrrole nitrogens is 1. The lowest BCUT2D eigenvalue weighted by molar-refractivity contribution is 0.0736. The second-order valence-corrected chi connectivity index (χ2v) is 6.81. The van der Waals surface area contributed by atoms with Gasteiger partial charge < -0.3 is 21.0 Å². The van der Waals surface area contributed by atoms with Crippen LogP contribution in [-0.4, -0.2) is 58.9 Å². The summed E-state index contributed by atoms with van der Waals surface area (Å²) < 4.78 is 0. The van der Waals surface area contributed by atoms with Crippen LogP contribution in [0.15, 0.2) is 63.5 Å². The van der Waals surface area contributed by atoms with Crippen molar-refractivity contribution in [1.29, 1.82) is 0 Å². The first-order chi connectivity index (χ1) is 14.7. The highest BCUT2D eigenvalue weighted by Crippen LogP contribution is 2.15. The third-order valence-corrected chi connectivity index (χ3v) is 4.88. The van der Waals surface area contributed by atoms with E-state index in [9.17, 15) is 9.59 Å². The zero-order valence-electron chi connectivity index (χ0n) is 16.2. The minimum atomic E-state index is -0.353. The molecule has 0 unspecified atom stereocenters. The van der Waals surface area contributed by atoms with Gasteiger partial charge in [-0.2, -0.15) is 5.10 Å². The number of aliphatic imine (C=N–C) groups is 1. The third-order valence-electron chi connectivity index (χ3n) is 4.88. The molecule has 1 aromatic carbocycles. The van der Waals surface area contributed by atoms with Crippen LogP contribution in [0, 0.1) is 0 Å². The summed E-state index contributed by atoms with van der Waals surface area (Å²) in [5.74, 6) is 5.51. The number of fused-ring (bicyclic) bond motifs is 1. The molecule has 4 rings (SSSR count). The zero-order valence-corrected chi connectivity index (χ0v) is 16.2. The molecule has 4 N–H and O–H groups in total. The average molecular weight is 403 g/mol. The highest BCUT2D eigenvalue weighted by molar-refractivity contribution is 6.38. The van der Waals surface area contributed by atoms with Crippen LogP contribution in [0.2, 0.25) is 0 Å². The van der Waals surface area contributed by atoms with Gasteiger partial charge in [0.1, 0.15) is 11.4 Å². The van der Waals surface area contributed by atoms with Gasteiger partial charge in [0, 0.05) is 43.3 Å². The van der Waals surface area contributed by atoms with Gasteiger partial charge in [-0.15, -0.1) is 0 Å². The molecule has 1 saturated heterocycles. The molecule has 1 aliphatic rings. The molecule has 2 aromatic heterocycles. The SMILES string of the molecule is NN=C(C=Nc1ccc(C(=O)N2CCNCC2)cc1)c1cc2cccnc2[nH]c1=O. The van der Waals surface area contributed by atoms with Crippen LogP contribution < -0.4 is 16.7 Å². The second-order valence-electron chi connectivity index (χ2n) is 6.81. The van der Waals surface area contributed by atoms with Crippen molar-refractivity contribution >= 4 is 34.6 Å². The summed E-state index contributed by atoms with van der Waals surface area (Å²) in [5, 5.41) is 7.70. The third kappa shape index (κ3) is 4.11. The summed E-state index contributed by atoms with van der Waals surface area (Å²) in [4.78, 5) is 37.9. The average Bonchev–Trinajstić information content (AvgIpc) is 2.80. The molecule has 0 radical (unpaired) electrons. The second kappa shape index (κ2) is 8.66. The quantitative estimate of drug-likeness (QED) is 0.340. The smallest absolute Gasteiger partial charge is 0.259 e. The molecule has 0 atom stereocenters. The van der Waals surface area contributed by atoms with Crippen molar-refractivity contribution < 1.29 is 4.79 Å². The number of hydrogen-bond donors (Lipinski definition) is 3. The maximum Gasteiger partial charge on any atom is 0.259 e. The lowest BCUT2D eigenvalue weighted by atomic mass is 10.1. The summed E-state index contributed by atoms with van der Waals surface area (Å²) in [7, 11) is 0. The maximum atomic E-state index is 12.5. The van der Waals surface area contributed by atoms with Gasteiger partial charge in [-0.25, -0.2) is 4.98 Å². The van der Waals surface area contributed by atoms with Crippen molar-refractivity contribution in [3.8, 4) is 0 Å². The van der Waals surface area contributed by atoms with E-state index in [0.717, 1.165) is 18.5 Å². The Kier molecular flexibility index (Phi) is 5.62. The highest BCUT2D eigenvalue weighted by Gasteiger charge is 2.17. The number of benzene rings is 1. The van der Waals surface area contributed by atoms with E-state index in [4.69, 9.17) is 5.84 Å². The maximum absolute atomic E-state index is 12.5. The number of nitrogens with two attached hydrogens (primary N) is 1. The van der Waals surface area contributed by atoms with Gasteiger partial charge in [-0.3, -0.25) is 14.6 Å². The van der Waals surface area contributed by atoms with Gasteiger partial charge in [0.2, 0.25) is 0 Å². The molecule has 0 spiro atoms. The fraction of sp³-hybridized carbons (Fsp3) is 0.190.